The maximum atomic E-state index is 5.96. The van der Waals surface area contributed by atoms with Gasteiger partial charge in [0.1, 0.15) is 45.8 Å². The topological polar surface area (TPSA) is 371 Å². The Morgan fingerprint density at radius 3 is 1.22 bits per heavy atom. The van der Waals surface area contributed by atoms with Crippen molar-refractivity contribution in [1.82, 2.24) is 104 Å². The van der Waals surface area contributed by atoms with E-state index in [0.717, 1.165) is 151 Å². The molecule has 22 rings (SSSR count). The number of nitrogens with two attached hydrogens (primary N) is 3. The lowest BCUT2D eigenvalue weighted by molar-refractivity contribution is 0.394. The zero-order valence-corrected chi connectivity index (χ0v) is 73.5. The van der Waals surface area contributed by atoms with E-state index in [-0.39, 0.29) is 0 Å². The van der Waals surface area contributed by atoms with Crippen molar-refractivity contribution in [2.24, 2.45) is 10.7 Å². The number of thiazole rings is 1. The van der Waals surface area contributed by atoms with Crippen molar-refractivity contribution >= 4 is 127 Å². The predicted molar refractivity (Wildman–Crippen MR) is 518 cm³/mol. The van der Waals surface area contributed by atoms with Crippen LogP contribution in [0.1, 0.15) is 88.6 Å². The van der Waals surface area contributed by atoms with Gasteiger partial charge in [-0.1, -0.05) is 103 Å². The number of pyridine rings is 8. The van der Waals surface area contributed by atoms with Crippen molar-refractivity contribution < 1.29 is 4.74 Å². The second-order valence-electron chi connectivity index (χ2n) is 32.3. The summed E-state index contributed by atoms with van der Waals surface area (Å²) in [6.07, 6.45) is 30.0. The molecule has 30 nitrogen and oxygen atoms in total. The first-order valence-corrected chi connectivity index (χ1v) is 43.7. The average molecular weight is 1750 g/mol. The lowest BCUT2D eigenvalue weighted by Crippen LogP contribution is -2.10. The zero-order valence-electron chi connectivity index (χ0n) is 72.7. The third kappa shape index (κ3) is 19.8. The fourth-order valence-corrected chi connectivity index (χ4v) is 16.9. The lowest BCUT2D eigenvalue weighted by atomic mass is 10.1. The van der Waals surface area contributed by atoms with Crippen LogP contribution < -0.4 is 43.2 Å². The molecule has 6 aromatic carbocycles. The van der Waals surface area contributed by atoms with Gasteiger partial charge in [-0.3, -0.25) is 38.1 Å². The lowest BCUT2D eigenvalue weighted by Gasteiger charge is -2.08. The van der Waals surface area contributed by atoms with Crippen LogP contribution in [0.3, 0.4) is 0 Å². The Morgan fingerprint density at radius 1 is 0.366 bits per heavy atom. The van der Waals surface area contributed by atoms with Gasteiger partial charge in [-0.15, -0.1) is 11.3 Å². The summed E-state index contributed by atoms with van der Waals surface area (Å²) in [5, 5.41) is 50.4. The van der Waals surface area contributed by atoms with Gasteiger partial charge >= 0.3 is 0 Å². The highest BCUT2D eigenvalue weighted by Gasteiger charge is 2.18. The molecule has 21 aromatic rings. The summed E-state index contributed by atoms with van der Waals surface area (Å²) in [5.41, 5.74) is 39.7. The Bertz CT molecular complexity index is 7690. The van der Waals surface area contributed by atoms with Crippen molar-refractivity contribution in [2.75, 3.05) is 39.8 Å². The number of aromatic nitrogens is 21. The molecule has 0 fully saturated rings. The van der Waals surface area contributed by atoms with E-state index >= 15 is 0 Å². The number of methoxy groups -OCH3 is 1. The second-order valence-corrected chi connectivity index (χ2v) is 33.4. The van der Waals surface area contributed by atoms with E-state index < -0.39 is 0 Å². The van der Waals surface area contributed by atoms with Crippen molar-refractivity contribution in [3.63, 3.8) is 0 Å². The SMILES string of the molecule is COc1ncc(Cn2cc3c(NCc4ccc5c(N)nccc5c4)nccc3n2)cc1C.Cc1cc(Cn2cc3c(NCc4ccc5c(N)nccc5c4)nccc3n2)cnc1C.Cc1ccc2sc(CNc3nccc4nn(Cc5ccc(Cn6cccn6)cc5)cc34)nc2c1.NC1=NCc2cc(CNc3nccc4nn(Cc5ccc(Cn6cccn6)cc5)cc34)ccc21. The van der Waals surface area contributed by atoms with Crippen LogP contribution in [0.2, 0.25) is 0 Å². The number of anilines is 6. The number of hydrogen-bond acceptors (Lipinski definition) is 25. The number of nitrogen functional groups attached to an aromatic ring is 2. The number of nitrogens with one attached hydrogen (secondary N) is 4. The summed E-state index contributed by atoms with van der Waals surface area (Å²) >= 11 is 1.71. The number of rotatable bonds is 25. The minimum atomic E-state index is 0.545. The van der Waals surface area contributed by atoms with Crippen LogP contribution in [0.25, 0.3) is 75.4 Å². The van der Waals surface area contributed by atoms with E-state index in [9.17, 15) is 0 Å². The molecule has 0 saturated heterocycles. The number of ether oxygens (including phenoxy) is 1. The first-order chi connectivity index (χ1) is 64.1. The quantitative estimate of drug-likeness (QED) is 0.0279. The molecule has 31 heteroatoms. The van der Waals surface area contributed by atoms with E-state index in [1.54, 1.807) is 68.0 Å². The maximum absolute atomic E-state index is 5.96. The molecule has 0 radical (unpaired) electrons. The molecule has 131 heavy (non-hydrogen) atoms. The fraction of sp³-hybridized carbons (Fsp3) is 0.160. The van der Waals surface area contributed by atoms with Crippen LogP contribution in [-0.4, -0.2) is 116 Å². The number of fused-ring (bicyclic) bond motifs is 8. The highest BCUT2D eigenvalue weighted by atomic mass is 32.1. The smallest absolute Gasteiger partial charge is 0.215 e. The van der Waals surface area contributed by atoms with Gasteiger partial charge in [0.25, 0.3) is 0 Å². The van der Waals surface area contributed by atoms with Gasteiger partial charge in [0.05, 0.1) is 113 Å². The molecule has 1 aliphatic rings. The number of amidine groups is 1. The molecule has 0 bridgehead atoms. The van der Waals surface area contributed by atoms with Gasteiger partial charge < -0.3 is 43.2 Å². The summed E-state index contributed by atoms with van der Waals surface area (Å²) < 4.78 is 18.1. The number of aliphatic imine (C=N–C) groups is 1. The van der Waals surface area contributed by atoms with Gasteiger partial charge in [0.2, 0.25) is 5.88 Å². The summed E-state index contributed by atoms with van der Waals surface area (Å²) in [6, 6.07) is 62.0. The number of benzene rings is 6. The molecule has 1 aliphatic heterocycles. The highest BCUT2D eigenvalue weighted by molar-refractivity contribution is 7.18. The molecule has 15 aromatic heterocycles. The molecule has 0 spiro atoms. The maximum Gasteiger partial charge on any atom is 0.215 e. The van der Waals surface area contributed by atoms with Crippen LogP contribution in [0.4, 0.5) is 34.9 Å². The van der Waals surface area contributed by atoms with Gasteiger partial charge in [-0.05, 0) is 184 Å². The predicted octanol–water partition coefficient (Wildman–Crippen LogP) is 17.0. The molecule has 0 saturated carbocycles. The minimum absolute atomic E-state index is 0.545. The number of nitrogens with zero attached hydrogens (tertiary/aromatic N) is 22. The Hall–Kier alpha value is -16.7. The van der Waals surface area contributed by atoms with Gasteiger partial charge in [0, 0.05) is 146 Å². The minimum Gasteiger partial charge on any atom is -0.481 e. The molecule has 0 unspecified atom stereocenters. The molecular weight excluding hydrogens is 1660 g/mol. The molecule has 650 valence electrons. The van der Waals surface area contributed by atoms with Crippen LogP contribution in [0, 0.1) is 27.7 Å². The molecule has 0 atom stereocenters. The summed E-state index contributed by atoms with van der Waals surface area (Å²) in [4.78, 5) is 44.4. The van der Waals surface area contributed by atoms with E-state index in [1.807, 2.05) is 146 Å². The summed E-state index contributed by atoms with van der Waals surface area (Å²) in [7, 11) is 1.63. The van der Waals surface area contributed by atoms with Crippen LogP contribution >= 0.6 is 11.3 Å². The Morgan fingerprint density at radius 2 is 0.779 bits per heavy atom. The number of hydrogen-bond donors (Lipinski definition) is 7. The average Bonchev–Trinajstić information content (AvgIpc) is 1.68. The number of aryl methyl sites for hydroxylation is 4. The second kappa shape index (κ2) is 37.8. The van der Waals surface area contributed by atoms with E-state index in [0.29, 0.717) is 82.3 Å². The van der Waals surface area contributed by atoms with Crippen molar-refractivity contribution in [2.45, 2.75) is 99.7 Å². The van der Waals surface area contributed by atoms with Gasteiger partial charge in [-0.25, -0.2) is 39.9 Å². The summed E-state index contributed by atoms with van der Waals surface area (Å²) in [6.45, 7) is 15.6. The highest BCUT2D eigenvalue weighted by Crippen LogP contribution is 2.31. The zero-order chi connectivity index (χ0) is 89.3. The van der Waals surface area contributed by atoms with Gasteiger partial charge in [0.15, 0.2) is 0 Å². The Labute approximate surface area is 757 Å². The normalized spacial score (nSPS) is 11.7. The Kier molecular flexibility index (Phi) is 24.2. The van der Waals surface area contributed by atoms with Crippen molar-refractivity contribution in [3.05, 3.63) is 370 Å². The molecule has 16 heterocycles. The van der Waals surface area contributed by atoms with Crippen molar-refractivity contribution in [3.8, 4) is 5.88 Å². The van der Waals surface area contributed by atoms with Crippen LogP contribution in [-0.2, 0) is 72.0 Å². The molecule has 0 aliphatic carbocycles. The first-order valence-electron chi connectivity index (χ1n) is 42.9. The van der Waals surface area contributed by atoms with Crippen LogP contribution in [0.15, 0.2) is 286 Å². The van der Waals surface area contributed by atoms with E-state index in [2.05, 4.69) is 218 Å². The molecular formula is C100H93N29OS. The van der Waals surface area contributed by atoms with Crippen LogP contribution in [0.5, 0.6) is 5.88 Å². The summed E-state index contributed by atoms with van der Waals surface area (Å²) in [5.74, 6) is 5.63. The third-order valence-corrected chi connectivity index (χ3v) is 23.8. The van der Waals surface area contributed by atoms with E-state index in [4.69, 9.17) is 47.3 Å². The fourth-order valence-electron chi connectivity index (χ4n) is 16.0. The van der Waals surface area contributed by atoms with Gasteiger partial charge in [-0.2, -0.15) is 30.6 Å². The van der Waals surface area contributed by atoms with E-state index in [1.165, 1.54) is 49.2 Å². The molecule has 10 N–H and O–H groups in total. The largest absolute Gasteiger partial charge is 0.481 e. The third-order valence-electron chi connectivity index (χ3n) is 22.8. The monoisotopic (exact) mass is 1750 g/mol. The Balaban J connectivity index is 0.000000113. The first kappa shape index (κ1) is 83.8. The standard InChI is InChI=1S/C26H24N8.C26H23N7S.C24H23N7O.C24H23N7/c27-25-22-7-6-20(12-21(22)14-29-25)13-30-26-23-17-34(32-24(23)8-10-28-26)16-19-4-2-18(3-5-19)15-33-11-1-9-31-33;1-18-3-8-24-23(13-18)30-25(34-24)14-28-26-21-17-33(31-22(21)9-11-27-26)16-20-6-4-19(5-7-20)15-32-12-2-10-29-32;1-15-9-17(12-29-24(15)32-2)13-31-14-20-21(30-31)6-8-27-23(20)28-11-16-3-4-19-18(10-16)5-7-26-22(19)25;1-15-9-18(12-28-16(15)2)13-31-14-21-22(30-31)6-8-27-24(21)29-11-17-3-4-20-19(10-17)5-7-26-23(20)25/h1-12,17H,13-16H2,(H2,27,29)(H,28,30);2-13,17H,14-16H2,1H3,(H,27,28);3-10,12,14H,11,13H2,1-2H3,(H2,25,26)(H,27,28);3-10,12,14H,11,13H2,1-2H3,(H2,25,26)(H,27,29). The van der Waals surface area contributed by atoms with Crippen molar-refractivity contribution in [1.29, 1.82) is 0 Å². The molecule has 0 amide bonds.